The molecule has 27 heavy (non-hydrogen) atoms. The van der Waals surface area contributed by atoms with Gasteiger partial charge in [0.2, 0.25) is 0 Å². The van der Waals surface area contributed by atoms with Gasteiger partial charge in [-0.15, -0.1) is 0 Å². The number of hydrogen-bond donors (Lipinski definition) is 0. The standard InChI is InChI=1S/C20H20N2O5/c1-13(23)27-12-18(24)22-20(17-8-4-10-26-17)16-7-2-5-14(19(16)21-22)11-15-6-3-9-25-15/h3-4,6,8-11,16,20H,2,5,7,12H2,1H3. The average Bonchev–Trinajstić information content (AvgIpc) is 3.39. The maximum absolute atomic E-state index is 12.7. The van der Waals surface area contributed by atoms with Crippen molar-refractivity contribution in [2.45, 2.75) is 32.2 Å². The number of esters is 1. The van der Waals surface area contributed by atoms with Gasteiger partial charge in [0.05, 0.1) is 18.2 Å². The maximum Gasteiger partial charge on any atom is 0.303 e. The Labute approximate surface area is 156 Å². The van der Waals surface area contributed by atoms with Crippen LogP contribution < -0.4 is 0 Å². The molecule has 0 radical (unpaired) electrons. The number of amides is 1. The minimum atomic E-state index is -0.499. The number of rotatable bonds is 4. The molecular formula is C20H20N2O5. The van der Waals surface area contributed by atoms with Crippen LogP contribution in [0.25, 0.3) is 6.08 Å². The number of carbonyl (C=O) groups is 2. The number of furan rings is 2. The van der Waals surface area contributed by atoms with Gasteiger partial charge in [0.15, 0.2) is 6.61 Å². The van der Waals surface area contributed by atoms with E-state index in [-0.39, 0.29) is 24.5 Å². The van der Waals surface area contributed by atoms with Gasteiger partial charge in [-0.05, 0) is 55.2 Å². The van der Waals surface area contributed by atoms with Crippen molar-refractivity contribution in [3.05, 3.63) is 53.9 Å². The van der Waals surface area contributed by atoms with E-state index in [1.165, 1.54) is 11.9 Å². The van der Waals surface area contributed by atoms with E-state index in [1.807, 2.05) is 24.3 Å². The molecular weight excluding hydrogens is 348 g/mol. The molecule has 2 aromatic rings. The van der Waals surface area contributed by atoms with Crippen molar-refractivity contribution in [2.24, 2.45) is 11.0 Å². The van der Waals surface area contributed by atoms with Crippen LogP contribution in [0.3, 0.4) is 0 Å². The summed E-state index contributed by atoms with van der Waals surface area (Å²) in [6.45, 7) is 0.935. The van der Waals surface area contributed by atoms with Crippen LogP contribution in [0.1, 0.15) is 43.7 Å². The Bertz CT molecular complexity index is 880. The minimum Gasteiger partial charge on any atom is -0.467 e. The molecule has 0 saturated heterocycles. The zero-order valence-corrected chi connectivity index (χ0v) is 15.0. The van der Waals surface area contributed by atoms with E-state index in [4.69, 9.17) is 13.6 Å². The fourth-order valence-electron chi connectivity index (χ4n) is 3.72. The number of hydrogen-bond acceptors (Lipinski definition) is 6. The van der Waals surface area contributed by atoms with Gasteiger partial charge in [0.25, 0.3) is 5.91 Å². The van der Waals surface area contributed by atoms with E-state index in [0.717, 1.165) is 36.3 Å². The van der Waals surface area contributed by atoms with Crippen molar-refractivity contribution in [1.82, 2.24) is 5.01 Å². The molecule has 1 fully saturated rings. The molecule has 1 amide bonds. The summed E-state index contributed by atoms with van der Waals surface area (Å²) in [4.78, 5) is 23.8. The highest BCUT2D eigenvalue weighted by molar-refractivity contribution is 6.08. The number of nitrogens with zero attached hydrogens (tertiary/aromatic N) is 2. The molecule has 4 rings (SSSR count). The lowest BCUT2D eigenvalue weighted by atomic mass is 9.79. The fourth-order valence-corrected chi connectivity index (χ4v) is 3.72. The summed E-state index contributed by atoms with van der Waals surface area (Å²) in [6.07, 6.45) is 7.95. The van der Waals surface area contributed by atoms with Crippen LogP contribution in [0, 0.1) is 5.92 Å². The number of carbonyl (C=O) groups excluding carboxylic acids is 2. The predicted octanol–water partition coefficient (Wildman–Crippen LogP) is 3.56. The van der Waals surface area contributed by atoms with Crippen LogP contribution in [-0.2, 0) is 14.3 Å². The van der Waals surface area contributed by atoms with Crippen molar-refractivity contribution >= 4 is 23.7 Å². The Balaban J connectivity index is 1.68. The summed E-state index contributed by atoms with van der Waals surface area (Å²) in [7, 11) is 0. The van der Waals surface area contributed by atoms with Gasteiger partial charge < -0.3 is 13.6 Å². The highest BCUT2D eigenvalue weighted by Crippen LogP contribution is 2.44. The quantitative estimate of drug-likeness (QED) is 0.770. The van der Waals surface area contributed by atoms with Gasteiger partial charge in [-0.3, -0.25) is 9.59 Å². The lowest BCUT2D eigenvalue weighted by Gasteiger charge is -2.27. The Morgan fingerprint density at radius 3 is 2.81 bits per heavy atom. The third kappa shape index (κ3) is 3.45. The summed E-state index contributed by atoms with van der Waals surface area (Å²) in [6, 6.07) is 7.03. The Morgan fingerprint density at radius 2 is 2.11 bits per heavy atom. The van der Waals surface area contributed by atoms with E-state index in [1.54, 1.807) is 18.6 Å². The topological polar surface area (TPSA) is 85.3 Å². The molecule has 0 bridgehead atoms. The first-order valence-corrected chi connectivity index (χ1v) is 8.95. The highest BCUT2D eigenvalue weighted by atomic mass is 16.5. The van der Waals surface area contributed by atoms with Crippen LogP contribution in [0.15, 0.2) is 56.3 Å². The van der Waals surface area contributed by atoms with Gasteiger partial charge in [-0.2, -0.15) is 5.10 Å². The normalized spacial score (nSPS) is 23.2. The zero-order chi connectivity index (χ0) is 18.8. The first-order valence-electron chi connectivity index (χ1n) is 8.95. The van der Waals surface area contributed by atoms with E-state index < -0.39 is 5.97 Å². The summed E-state index contributed by atoms with van der Waals surface area (Å²) in [5, 5.41) is 6.03. The SMILES string of the molecule is CC(=O)OCC(=O)N1N=C2C(=Cc3ccco3)CCCC2C1c1ccco1. The minimum absolute atomic E-state index is 0.0346. The first-order chi connectivity index (χ1) is 13.1. The van der Waals surface area contributed by atoms with Gasteiger partial charge >= 0.3 is 5.97 Å². The van der Waals surface area contributed by atoms with Gasteiger partial charge in [-0.1, -0.05) is 0 Å². The molecule has 7 nitrogen and oxygen atoms in total. The molecule has 2 aliphatic rings. The molecule has 2 aromatic heterocycles. The predicted molar refractivity (Wildman–Crippen MR) is 96.4 cm³/mol. The Hall–Kier alpha value is -3.09. The molecule has 2 unspecified atom stereocenters. The molecule has 7 heteroatoms. The summed E-state index contributed by atoms with van der Waals surface area (Å²) in [5.74, 6) is 0.598. The molecule has 2 atom stereocenters. The summed E-state index contributed by atoms with van der Waals surface area (Å²) >= 11 is 0. The third-order valence-corrected chi connectivity index (χ3v) is 4.85. The lowest BCUT2D eigenvalue weighted by Crippen LogP contribution is -2.34. The van der Waals surface area contributed by atoms with Gasteiger partial charge in [0.1, 0.15) is 17.6 Å². The molecule has 1 aliphatic carbocycles. The van der Waals surface area contributed by atoms with Crippen molar-refractivity contribution in [2.75, 3.05) is 6.61 Å². The second-order valence-electron chi connectivity index (χ2n) is 6.65. The third-order valence-electron chi connectivity index (χ3n) is 4.85. The number of ether oxygens (including phenoxy) is 1. The number of allylic oxidation sites excluding steroid dienone is 1. The molecule has 0 N–H and O–H groups in total. The second-order valence-corrected chi connectivity index (χ2v) is 6.65. The van der Waals surface area contributed by atoms with Gasteiger partial charge in [-0.25, -0.2) is 5.01 Å². The average molecular weight is 368 g/mol. The monoisotopic (exact) mass is 368 g/mol. The number of hydrazone groups is 1. The van der Waals surface area contributed by atoms with Crippen LogP contribution >= 0.6 is 0 Å². The Kier molecular flexibility index (Phi) is 4.66. The Morgan fingerprint density at radius 1 is 1.30 bits per heavy atom. The maximum atomic E-state index is 12.7. The lowest BCUT2D eigenvalue weighted by molar-refractivity contribution is -0.151. The largest absolute Gasteiger partial charge is 0.467 e. The summed E-state index contributed by atoms with van der Waals surface area (Å²) < 4.78 is 15.9. The number of fused-ring (bicyclic) bond motifs is 1. The van der Waals surface area contributed by atoms with E-state index in [9.17, 15) is 9.59 Å². The first kappa shape index (κ1) is 17.3. The van der Waals surface area contributed by atoms with Crippen molar-refractivity contribution in [3.8, 4) is 0 Å². The zero-order valence-electron chi connectivity index (χ0n) is 15.0. The van der Waals surface area contributed by atoms with E-state index in [2.05, 4.69) is 5.10 Å². The molecule has 140 valence electrons. The smallest absolute Gasteiger partial charge is 0.303 e. The second kappa shape index (κ2) is 7.26. The molecule has 1 aliphatic heterocycles. The molecule has 3 heterocycles. The van der Waals surface area contributed by atoms with Crippen LogP contribution in [0.2, 0.25) is 0 Å². The molecule has 1 saturated carbocycles. The summed E-state index contributed by atoms with van der Waals surface area (Å²) in [5.41, 5.74) is 1.93. The van der Waals surface area contributed by atoms with Crippen LogP contribution in [0.4, 0.5) is 0 Å². The molecule has 0 spiro atoms. The van der Waals surface area contributed by atoms with Crippen molar-refractivity contribution in [3.63, 3.8) is 0 Å². The fraction of sp³-hybridized carbons (Fsp3) is 0.350. The van der Waals surface area contributed by atoms with Gasteiger partial charge in [0, 0.05) is 12.8 Å². The highest BCUT2D eigenvalue weighted by Gasteiger charge is 2.45. The van der Waals surface area contributed by atoms with Crippen molar-refractivity contribution in [1.29, 1.82) is 0 Å². The van der Waals surface area contributed by atoms with Crippen molar-refractivity contribution < 1.29 is 23.2 Å². The molecule has 0 aromatic carbocycles. The van der Waals surface area contributed by atoms with Crippen LogP contribution in [-0.4, -0.2) is 29.2 Å². The van der Waals surface area contributed by atoms with E-state index in [0.29, 0.717) is 5.76 Å². The van der Waals surface area contributed by atoms with E-state index >= 15 is 0 Å². The van der Waals surface area contributed by atoms with Crippen LogP contribution in [0.5, 0.6) is 0 Å².